The van der Waals surface area contributed by atoms with Gasteiger partial charge in [0.05, 0.1) is 5.39 Å². The normalized spacial score (nSPS) is 12.1. The van der Waals surface area contributed by atoms with Crippen LogP contribution >= 0.6 is 0 Å². The van der Waals surface area contributed by atoms with Crippen LogP contribution in [-0.4, -0.2) is 19.6 Å². The Morgan fingerprint density at radius 2 is 2.11 bits per heavy atom. The second-order valence-electron chi connectivity index (χ2n) is 5.10. The van der Waals surface area contributed by atoms with Gasteiger partial charge in [0.25, 0.3) is 0 Å². The Morgan fingerprint density at radius 3 is 2.83 bits per heavy atom. The van der Waals surface area contributed by atoms with Crippen LogP contribution in [0.15, 0.2) is 10.7 Å². The van der Waals surface area contributed by atoms with Gasteiger partial charge in [0.2, 0.25) is 5.71 Å². The zero-order valence-electron chi connectivity index (χ0n) is 11.1. The first-order valence-corrected chi connectivity index (χ1v) is 6.16. The topological polar surface area (TPSA) is 56.2 Å². The maximum Gasteiger partial charge on any atom is 0.231 e. The van der Waals surface area contributed by atoms with Gasteiger partial charge in [-0.3, -0.25) is 0 Å². The fraction of sp³-hybridized carbons (Fsp3) is 0.462. The second-order valence-corrected chi connectivity index (χ2v) is 5.10. The molecule has 0 aliphatic heterocycles. The maximum atomic E-state index is 5.60. The van der Waals surface area contributed by atoms with Crippen molar-refractivity contribution < 1.29 is 4.42 Å². The third kappa shape index (κ3) is 1.58. The van der Waals surface area contributed by atoms with Gasteiger partial charge in [0, 0.05) is 12.0 Å². The molecule has 0 bridgehead atoms. The molecule has 94 valence electrons. The average Bonchev–Trinajstić information content (AvgIpc) is 2.80. The molecule has 3 rings (SSSR count). The Morgan fingerprint density at radius 1 is 1.33 bits per heavy atom. The molecule has 0 saturated carbocycles. The van der Waals surface area contributed by atoms with Gasteiger partial charge in [-0.05, 0) is 19.8 Å². The summed E-state index contributed by atoms with van der Waals surface area (Å²) < 4.78 is 7.34. The lowest BCUT2D eigenvalue weighted by Gasteiger charge is -1.96. The van der Waals surface area contributed by atoms with Crippen LogP contribution in [-0.2, 0) is 6.42 Å². The number of aromatic nitrogens is 4. The first-order valence-electron chi connectivity index (χ1n) is 6.16. The molecule has 0 N–H and O–H groups in total. The molecule has 0 fully saturated rings. The standard InChI is InChI=1S/C13H16N4O/c1-7(2)5-10-15-12-11-8(3)9(4)18-13(11)14-6-17(12)16-10/h6-7H,5H2,1-4H3. The number of hydrogen-bond acceptors (Lipinski definition) is 4. The molecule has 3 aromatic rings. The lowest BCUT2D eigenvalue weighted by Crippen LogP contribution is -1.96. The number of rotatable bonds is 2. The van der Waals surface area contributed by atoms with E-state index in [1.165, 1.54) is 0 Å². The molecule has 3 aromatic heterocycles. The molecule has 18 heavy (non-hydrogen) atoms. The summed E-state index contributed by atoms with van der Waals surface area (Å²) in [6.07, 6.45) is 2.54. The molecular formula is C13H16N4O. The van der Waals surface area contributed by atoms with Gasteiger partial charge >= 0.3 is 0 Å². The van der Waals surface area contributed by atoms with Gasteiger partial charge in [-0.15, -0.1) is 5.10 Å². The predicted octanol–water partition coefficient (Wildman–Crippen LogP) is 2.69. The minimum Gasteiger partial charge on any atom is -0.443 e. The first-order chi connectivity index (χ1) is 8.56. The van der Waals surface area contributed by atoms with Crippen molar-refractivity contribution in [1.82, 2.24) is 19.6 Å². The van der Waals surface area contributed by atoms with Crippen molar-refractivity contribution >= 4 is 16.7 Å². The number of hydrogen-bond donors (Lipinski definition) is 0. The monoisotopic (exact) mass is 244 g/mol. The molecule has 0 aliphatic carbocycles. The summed E-state index contributed by atoms with van der Waals surface area (Å²) in [5.74, 6) is 2.29. The van der Waals surface area contributed by atoms with Crippen molar-refractivity contribution in [3.8, 4) is 0 Å². The van der Waals surface area contributed by atoms with Gasteiger partial charge in [0.1, 0.15) is 12.1 Å². The van der Waals surface area contributed by atoms with E-state index in [1.54, 1.807) is 10.8 Å². The Balaban J connectivity index is 2.29. The van der Waals surface area contributed by atoms with Gasteiger partial charge in [-0.1, -0.05) is 13.8 Å². The van der Waals surface area contributed by atoms with Crippen molar-refractivity contribution in [2.45, 2.75) is 34.1 Å². The minimum atomic E-state index is 0.540. The molecular weight excluding hydrogens is 228 g/mol. The largest absolute Gasteiger partial charge is 0.443 e. The molecule has 0 atom stereocenters. The first kappa shape index (κ1) is 11.2. The van der Waals surface area contributed by atoms with Crippen LogP contribution in [0, 0.1) is 19.8 Å². The molecule has 0 saturated heterocycles. The summed E-state index contributed by atoms with van der Waals surface area (Å²) >= 11 is 0. The summed E-state index contributed by atoms with van der Waals surface area (Å²) in [5.41, 5.74) is 2.57. The van der Waals surface area contributed by atoms with E-state index in [2.05, 4.69) is 28.9 Å². The molecule has 0 aromatic carbocycles. The van der Waals surface area contributed by atoms with Crippen LogP contribution in [0.5, 0.6) is 0 Å². The quantitative estimate of drug-likeness (QED) is 0.695. The Bertz CT molecular complexity index is 723. The summed E-state index contributed by atoms with van der Waals surface area (Å²) in [6, 6.07) is 0. The fourth-order valence-corrected chi connectivity index (χ4v) is 2.14. The van der Waals surface area contributed by atoms with E-state index in [0.717, 1.165) is 34.6 Å². The summed E-state index contributed by atoms with van der Waals surface area (Å²) in [4.78, 5) is 8.88. The highest BCUT2D eigenvalue weighted by molar-refractivity contribution is 5.91. The van der Waals surface area contributed by atoms with Crippen LogP contribution < -0.4 is 0 Å². The second kappa shape index (κ2) is 3.80. The smallest absolute Gasteiger partial charge is 0.231 e. The Hall–Kier alpha value is -1.91. The highest BCUT2D eigenvalue weighted by Gasteiger charge is 2.15. The zero-order chi connectivity index (χ0) is 12.9. The number of fused-ring (bicyclic) bond motifs is 3. The summed E-state index contributed by atoms with van der Waals surface area (Å²) in [6.45, 7) is 8.29. The van der Waals surface area contributed by atoms with Crippen LogP contribution in [0.3, 0.4) is 0 Å². The molecule has 0 aliphatic rings. The maximum absolute atomic E-state index is 5.60. The Labute approximate surface area is 105 Å². The van der Waals surface area contributed by atoms with E-state index in [9.17, 15) is 0 Å². The fourth-order valence-electron chi connectivity index (χ4n) is 2.14. The van der Waals surface area contributed by atoms with Crippen LogP contribution in [0.4, 0.5) is 0 Å². The van der Waals surface area contributed by atoms with E-state index in [0.29, 0.717) is 11.6 Å². The van der Waals surface area contributed by atoms with E-state index < -0.39 is 0 Å². The number of nitrogens with zero attached hydrogens (tertiary/aromatic N) is 4. The molecule has 5 nitrogen and oxygen atoms in total. The van der Waals surface area contributed by atoms with Gasteiger partial charge in [-0.25, -0.2) is 14.5 Å². The van der Waals surface area contributed by atoms with Gasteiger partial charge < -0.3 is 4.42 Å². The van der Waals surface area contributed by atoms with Crippen molar-refractivity contribution in [1.29, 1.82) is 0 Å². The molecule has 3 heterocycles. The molecule has 0 unspecified atom stereocenters. The lowest BCUT2D eigenvalue weighted by atomic mass is 10.1. The van der Waals surface area contributed by atoms with Gasteiger partial charge in [-0.2, -0.15) is 0 Å². The van der Waals surface area contributed by atoms with E-state index in [4.69, 9.17) is 4.42 Å². The Kier molecular flexibility index (Phi) is 2.36. The predicted molar refractivity (Wildman–Crippen MR) is 68.6 cm³/mol. The van der Waals surface area contributed by atoms with Gasteiger partial charge in [0.15, 0.2) is 11.5 Å². The number of aryl methyl sites for hydroxylation is 2. The SMILES string of the molecule is Cc1oc2ncn3nc(CC(C)C)nc3c2c1C. The van der Waals surface area contributed by atoms with Crippen molar-refractivity contribution in [3.05, 3.63) is 23.5 Å². The molecule has 0 radical (unpaired) electrons. The van der Waals surface area contributed by atoms with E-state index in [1.807, 2.05) is 13.8 Å². The van der Waals surface area contributed by atoms with Crippen LogP contribution in [0.25, 0.3) is 16.7 Å². The van der Waals surface area contributed by atoms with Crippen molar-refractivity contribution in [2.24, 2.45) is 5.92 Å². The summed E-state index contributed by atoms with van der Waals surface area (Å²) in [7, 11) is 0. The highest BCUT2D eigenvalue weighted by atomic mass is 16.3. The third-order valence-corrected chi connectivity index (χ3v) is 3.14. The third-order valence-electron chi connectivity index (χ3n) is 3.14. The van der Waals surface area contributed by atoms with Crippen molar-refractivity contribution in [3.63, 3.8) is 0 Å². The van der Waals surface area contributed by atoms with Crippen molar-refractivity contribution in [2.75, 3.05) is 0 Å². The van der Waals surface area contributed by atoms with Crippen LogP contribution in [0.2, 0.25) is 0 Å². The average molecular weight is 244 g/mol. The molecule has 0 spiro atoms. The molecule has 0 amide bonds. The van der Waals surface area contributed by atoms with E-state index in [-0.39, 0.29) is 0 Å². The number of furan rings is 1. The zero-order valence-corrected chi connectivity index (χ0v) is 11.1. The summed E-state index contributed by atoms with van der Waals surface area (Å²) in [5, 5.41) is 5.42. The molecule has 5 heteroatoms. The minimum absolute atomic E-state index is 0.540. The highest BCUT2D eigenvalue weighted by Crippen LogP contribution is 2.26. The van der Waals surface area contributed by atoms with Crippen LogP contribution in [0.1, 0.15) is 31.0 Å². The van der Waals surface area contributed by atoms with E-state index >= 15 is 0 Å². The lowest BCUT2D eigenvalue weighted by molar-refractivity contribution is 0.563.